The van der Waals surface area contributed by atoms with Gasteiger partial charge in [-0.1, -0.05) is 18.2 Å². The largest absolute Gasteiger partial charge is 0.457 e. The van der Waals surface area contributed by atoms with Gasteiger partial charge >= 0.3 is 0 Å². The van der Waals surface area contributed by atoms with Crippen molar-refractivity contribution in [2.75, 3.05) is 13.1 Å². The minimum Gasteiger partial charge on any atom is -0.457 e. The number of fused-ring (bicyclic) bond motifs is 1. The van der Waals surface area contributed by atoms with Gasteiger partial charge < -0.3 is 18.9 Å². The zero-order chi connectivity index (χ0) is 21.8. The summed E-state index contributed by atoms with van der Waals surface area (Å²) < 4.78 is 14.2. The maximum atomic E-state index is 9.07. The summed E-state index contributed by atoms with van der Waals surface area (Å²) in [5.74, 6) is 3.25. The molecule has 0 N–H and O–H groups in total. The van der Waals surface area contributed by atoms with Gasteiger partial charge in [0.05, 0.1) is 5.52 Å². The van der Waals surface area contributed by atoms with Crippen molar-refractivity contribution in [1.29, 1.82) is 5.26 Å². The van der Waals surface area contributed by atoms with Crippen molar-refractivity contribution in [3.05, 3.63) is 73.2 Å². The van der Waals surface area contributed by atoms with Crippen molar-refractivity contribution >= 4 is 11.0 Å². The van der Waals surface area contributed by atoms with E-state index in [0.717, 1.165) is 55.0 Å². The van der Waals surface area contributed by atoms with Crippen LogP contribution in [0.2, 0.25) is 0 Å². The first kappa shape index (κ1) is 19.9. The molecule has 0 amide bonds. The van der Waals surface area contributed by atoms with E-state index in [0.29, 0.717) is 17.5 Å². The molecule has 4 aromatic rings. The molecule has 32 heavy (non-hydrogen) atoms. The predicted molar refractivity (Wildman–Crippen MR) is 120 cm³/mol. The van der Waals surface area contributed by atoms with Crippen LogP contribution in [0.4, 0.5) is 0 Å². The van der Waals surface area contributed by atoms with Crippen LogP contribution < -0.4 is 9.47 Å². The molecule has 0 atom stereocenters. The van der Waals surface area contributed by atoms with Crippen molar-refractivity contribution in [3.63, 3.8) is 0 Å². The highest BCUT2D eigenvalue weighted by Gasteiger charge is 2.20. The summed E-state index contributed by atoms with van der Waals surface area (Å²) in [5.41, 5.74) is 1.74. The number of hydrogen-bond acceptors (Lipinski definition) is 6. The summed E-state index contributed by atoms with van der Waals surface area (Å²) in [6, 6.07) is 19.2. The van der Waals surface area contributed by atoms with Crippen molar-refractivity contribution in [2.45, 2.75) is 19.4 Å². The van der Waals surface area contributed by atoms with E-state index in [9.17, 15) is 0 Å². The van der Waals surface area contributed by atoms with Gasteiger partial charge in [-0.15, -0.1) is 0 Å². The molecule has 0 radical (unpaired) electrons. The van der Waals surface area contributed by atoms with Gasteiger partial charge in [0.25, 0.3) is 0 Å². The van der Waals surface area contributed by atoms with Gasteiger partial charge in [-0.25, -0.2) is 4.98 Å². The average molecular weight is 425 g/mol. The van der Waals surface area contributed by atoms with Gasteiger partial charge in [0.15, 0.2) is 6.19 Å². The van der Waals surface area contributed by atoms with Gasteiger partial charge in [-0.2, -0.15) is 10.2 Å². The molecule has 7 nitrogen and oxygen atoms in total. The maximum absolute atomic E-state index is 9.07. The predicted octanol–water partition coefficient (Wildman–Crippen LogP) is 5.21. The van der Waals surface area contributed by atoms with Gasteiger partial charge in [-0.3, -0.25) is 0 Å². The van der Waals surface area contributed by atoms with E-state index in [1.165, 1.54) is 6.33 Å². The number of likely N-dealkylation sites (tertiary alicyclic amines) is 1. The summed E-state index contributed by atoms with van der Waals surface area (Å²) >= 11 is 0. The number of benzene rings is 2. The number of ether oxygens (including phenoxy) is 2. The molecule has 1 saturated heterocycles. The summed E-state index contributed by atoms with van der Waals surface area (Å²) in [4.78, 5) is 10.6. The Kier molecular flexibility index (Phi) is 5.58. The van der Waals surface area contributed by atoms with E-state index in [2.05, 4.69) is 20.7 Å². The molecule has 5 rings (SSSR count). The van der Waals surface area contributed by atoms with Crippen LogP contribution >= 0.6 is 0 Å². The number of hydrogen-bond donors (Lipinski definition) is 0. The Morgan fingerprint density at radius 3 is 2.28 bits per heavy atom. The number of nitrogens with zero attached hydrogens (tertiary/aromatic N) is 5. The Bertz CT molecular complexity index is 1220. The van der Waals surface area contributed by atoms with Crippen LogP contribution in [0.3, 0.4) is 0 Å². The van der Waals surface area contributed by atoms with Gasteiger partial charge in [0, 0.05) is 25.8 Å². The Morgan fingerprint density at radius 2 is 1.56 bits per heavy atom. The first-order chi connectivity index (χ1) is 15.8. The second-order valence-corrected chi connectivity index (χ2v) is 7.90. The zero-order valence-electron chi connectivity index (χ0n) is 17.6. The van der Waals surface area contributed by atoms with Crippen LogP contribution in [0, 0.1) is 17.4 Å². The quantitative estimate of drug-likeness (QED) is 0.395. The number of rotatable bonds is 6. The molecule has 160 valence electrons. The second-order valence-electron chi connectivity index (χ2n) is 7.90. The monoisotopic (exact) mass is 425 g/mol. The van der Waals surface area contributed by atoms with Crippen LogP contribution in [0.25, 0.3) is 11.0 Å². The smallest absolute Gasteiger partial charge is 0.247 e. The lowest BCUT2D eigenvalue weighted by atomic mass is 9.97. The molecular formula is C25H23N5O2. The molecule has 2 aromatic carbocycles. The number of nitriles is 1. The third kappa shape index (κ3) is 4.35. The molecule has 0 bridgehead atoms. The minimum absolute atomic E-state index is 0.512. The fraction of sp³-hybridized carbons (Fsp3) is 0.240. The fourth-order valence-electron chi connectivity index (χ4n) is 4.03. The lowest BCUT2D eigenvalue weighted by Gasteiger charge is -2.28. The fourth-order valence-corrected chi connectivity index (χ4v) is 4.03. The van der Waals surface area contributed by atoms with E-state index in [1.54, 1.807) is 0 Å². The van der Waals surface area contributed by atoms with Crippen LogP contribution in [-0.4, -0.2) is 32.5 Å². The second kappa shape index (κ2) is 8.98. The van der Waals surface area contributed by atoms with E-state index < -0.39 is 0 Å². The highest BCUT2D eigenvalue weighted by molar-refractivity contribution is 5.80. The molecule has 3 heterocycles. The summed E-state index contributed by atoms with van der Waals surface area (Å²) in [6.45, 7) is 2.49. The average Bonchev–Trinajstić information content (AvgIpc) is 3.25. The third-order valence-corrected chi connectivity index (χ3v) is 5.74. The van der Waals surface area contributed by atoms with Crippen molar-refractivity contribution < 1.29 is 9.47 Å². The number of piperidine rings is 1. The zero-order valence-corrected chi connectivity index (χ0v) is 17.6. The van der Waals surface area contributed by atoms with Crippen LogP contribution in [0.1, 0.15) is 12.8 Å². The Balaban J connectivity index is 1.32. The topological polar surface area (TPSA) is 76.2 Å². The Morgan fingerprint density at radius 1 is 0.875 bits per heavy atom. The van der Waals surface area contributed by atoms with Crippen molar-refractivity contribution in [1.82, 2.24) is 19.4 Å². The van der Waals surface area contributed by atoms with Crippen molar-refractivity contribution in [2.24, 2.45) is 5.92 Å². The number of para-hydroxylation sites is 1. The van der Waals surface area contributed by atoms with Gasteiger partial charge in [0.2, 0.25) is 5.88 Å². The molecule has 2 aromatic heterocycles. The van der Waals surface area contributed by atoms with E-state index >= 15 is 0 Å². The third-order valence-electron chi connectivity index (χ3n) is 5.74. The van der Waals surface area contributed by atoms with Crippen LogP contribution in [0.15, 0.2) is 73.2 Å². The molecule has 0 spiro atoms. The SMILES string of the molecule is N#CN1CCC(Cn2ccc3ncnc(Oc4ccc(Oc5ccccc5)cc4)c32)CC1. The molecule has 1 fully saturated rings. The highest BCUT2D eigenvalue weighted by atomic mass is 16.5. The van der Waals surface area contributed by atoms with Gasteiger partial charge in [-0.05, 0) is 61.2 Å². The first-order valence-corrected chi connectivity index (χ1v) is 10.7. The first-order valence-electron chi connectivity index (χ1n) is 10.7. The maximum Gasteiger partial charge on any atom is 0.247 e. The molecule has 1 aliphatic heterocycles. The van der Waals surface area contributed by atoms with Crippen molar-refractivity contribution in [3.8, 4) is 29.3 Å². The lowest BCUT2D eigenvalue weighted by molar-refractivity contribution is 0.235. The molecule has 1 aliphatic rings. The van der Waals surface area contributed by atoms with Crippen LogP contribution in [-0.2, 0) is 6.54 Å². The normalized spacial score (nSPS) is 14.3. The lowest BCUT2D eigenvalue weighted by Crippen LogP contribution is -2.31. The highest BCUT2D eigenvalue weighted by Crippen LogP contribution is 2.31. The van der Waals surface area contributed by atoms with Gasteiger partial charge in [0.1, 0.15) is 29.1 Å². The minimum atomic E-state index is 0.512. The standard InChI is InChI=1S/C25H23N5O2/c26-17-29-13-10-19(11-14-29)16-30-15-12-23-24(30)25(28-18-27-23)32-22-8-6-21(7-9-22)31-20-4-2-1-3-5-20/h1-9,12,15,18-19H,10-11,13-14,16H2. The number of aromatic nitrogens is 3. The summed E-state index contributed by atoms with van der Waals surface area (Å²) in [7, 11) is 0. The molecular weight excluding hydrogens is 402 g/mol. The van der Waals surface area contributed by atoms with E-state index in [1.807, 2.05) is 71.8 Å². The summed E-state index contributed by atoms with van der Waals surface area (Å²) in [6.07, 6.45) is 7.81. The molecule has 0 aliphatic carbocycles. The van der Waals surface area contributed by atoms with Crippen LogP contribution in [0.5, 0.6) is 23.1 Å². The molecule has 0 saturated carbocycles. The van der Waals surface area contributed by atoms with E-state index in [-0.39, 0.29) is 0 Å². The molecule has 7 heteroatoms. The Labute approximate surface area is 186 Å². The van der Waals surface area contributed by atoms with E-state index in [4.69, 9.17) is 14.7 Å². The summed E-state index contributed by atoms with van der Waals surface area (Å²) in [5, 5.41) is 9.07. The Hall–Kier alpha value is -4.05. The molecule has 0 unspecified atom stereocenters.